The van der Waals surface area contributed by atoms with Crippen LogP contribution in [0.4, 0.5) is 0 Å². The Balaban J connectivity index is 2.00. The molecule has 2 nitrogen and oxygen atoms in total. The number of nitrogens with one attached hydrogen (secondary N) is 1. The lowest BCUT2D eigenvalue weighted by molar-refractivity contribution is 0.0147. The number of ether oxygens (including phenoxy) is 1. The number of benzene rings is 1. The fourth-order valence-corrected chi connectivity index (χ4v) is 2.99. The van der Waals surface area contributed by atoms with Crippen LogP contribution in [0.15, 0.2) is 24.3 Å². The molecule has 1 N–H and O–H groups in total. The normalized spacial score (nSPS) is 18.4. The second kappa shape index (κ2) is 7.24. The molecule has 0 atom stereocenters. The molecule has 0 saturated carbocycles. The molecule has 1 aromatic carbocycles. The summed E-state index contributed by atoms with van der Waals surface area (Å²) in [6.45, 7) is 10.7. The first-order valence-corrected chi connectivity index (χ1v) is 7.94. The highest BCUT2D eigenvalue weighted by Gasteiger charge is 2.32. The first-order chi connectivity index (χ1) is 9.60. The number of hydrogen-bond donors (Lipinski definition) is 1. The van der Waals surface area contributed by atoms with E-state index in [9.17, 15) is 0 Å². The van der Waals surface area contributed by atoms with Gasteiger partial charge in [-0.2, -0.15) is 0 Å². The van der Waals surface area contributed by atoms with Crippen molar-refractivity contribution < 1.29 is 4.74 Å². The van der Waals surface area contributed by atoms with Crippen molar-refractivity contribution in [3.05, 3.63) is 35.4 Å². The van der Waals surface area contributed by atoms with Gasteiger partial charge in [0.2, 0.25) is 0 Å². The smallest absolute Gasteiger partial charge is 0.0471 e. The third kappa shape index (κ3) is 4.60. The van der Waals surface area contributed by atoms with Crippen molar-refractivity contribution in [2.24, 2.45) is 11.3 Å². The molecule has 0 bridgehead atoms. The van der Waals surface area contributed by atoms with E-state index in [0.717, 1.165) is 26.3 Å². The maximum absolute atomic E-state index is 5.58. The Morgan fingerprint density at radius 1 is 1.15 bits per heavy atom. The lowest BCUT2D eigenvalue weighted by atomic mass is 9.75. The number of hydrogen-bond acceptors (Lipinski definition) is 2. The Hall–Kier alpha value is -0.860. The topological polar surface area (TPSA) is 21.3 Å². The van der Waals surface area contributed by atoms with E-state index >= 15 is 0 Å². The van der Waals surface area contributed by atoms with Crippen LogP contribution < -0.4 is 5.32 Å². The van der Waals surface area contributed by atoms with Crippen LogP contribution in [0.1, 0.15) is 37.8 Å². The van der Waals surface area contributed by atoms with Crippen LogP contribution in [0.2, 0.25) is 0 Å². The Morgan fingerprint density at radius 3 is 2.40 bits per heavy atom. The molecular weight excluding hydrogens is 246 g/mol. The van der Waals surface area contributed by atoms with Crippen LogP contribution >= 0.6 is 0 Å². The standard InChI is InChI=1S/C18H29NO/c1-15(2)13-19-14-18(8-10-20-11-9-18)12-17-6-4-16(3)5-7-17/h4-7,15,19H,8-14H2,1-3H3. The Bertz CT molecular complexity index is 390. The minimum Gasteiger partial charge on any atom is -0.381 e. The molecule has 0 radical (unpaired) electrons. The zero-order valence-electron chi connectivity index (χ0n) is 13.2. The van der Waals surface area contributed by atoms with Gasteiger partial charge in [-0.3, -0.25) is 0 Å². The minimum atomic E-state index is 0.377. The second-order valence-corrected chi connectivity index (χ2v) is 6.80. The van der Waals surface area contributed by atoms with E-state index in [1.165, 1.54) is 30.4 Å². The molecule has 1 aliphatic rings. The molecule has 20 heavy (non-hydrogen) atoms. The van der Waals surface area contributed by atoms with Crippen LogP contribution in [-0.4, -0.2) is 26.3 Å². The molecule has 0 unspecified atom stereocenters. The third-order valence-corrected chi connectivity index (χ3v) is 4.31. The van der Waals surface area contributed by atoms with E-state index in [2.05, 4.69) is 50.4 Å². The van der Waals surface area contributed by atoms with E-state index in [-0.39, 0.29) is 0 Å². The van der Waals surface area contributed by atoms with Crippen LogP contribution in [0, 0.1) is 18.3 Å². The number of rotatable bonds is 6. The summed E-state index contributed by atoms with van der Waals surface area (Å²) < 4.78 is 5.58. The van der Waals surface area contributed by atoms with Gasteiger partial charge in [0.15, 0.2) is 0 Å². The molecule has 1 aromatic rings. The molecule has 0 aliphatic carbocycles. The van der Waals surface area contributed by atoms with E-state index in [0.29, 0.717) is 11.3 Å². The fraction of sp³-hybridized carbons (Fsp3) is 0.667. The molecule has 0 amide bonds. The highest BCUT2D eigenvalue weighted by molar-refractivity contribution is 5.22. The predicted octanol–water partition coefficient (Wildman–Crippen LogP) is 3.58. The van der Waals surface area contributed by atoms with Crippen LogP contribution in [-0.2, 0) is 11.2 Å². The predicted molar refractivity (Wildman–Crippen MR) is 85.1 cm³/mol. The van der Waals surface area contributed by atoms with Gasteiger partial charge in [0, 0.05) is 19.8 Å². The second-order valence-electron chi connectivity index (χ2n) is 6.80. The van der Waals surface area contributed by atoms with Gasteiger partial charge in [-0.15, -0.1) is 0 Å². The lowest BCUT2D eigenvalue weighted by Crippen LogP contribution is -2.41. The molecule has 2 heteroatoms. The summed E-state index contributed by atoms with van der Waals surface area (Å²) in [5, 5.41) is 3.67. The summed E-state index contributed by atoms with van der Waals surface area (Å²) >= 11 is 0. The van der Waals surface area contributed by atoms with Gasteiger partial charge < -0.3 is 10.1 Å². The lowest BCUT2D eigenvalue weighted by Gasteiger charge is -2.38. The minimum absolute atomic E-state index is 0.377. The van der Waals surface area contributed by atoms with Crippen molar-refractivity contribution in [1.82, 2.24) is 5.32 Å². The third-order valence-electron chi connectivity index (χ3n) is 4.31. The van der Waals surface area contributed by atoms with E-state index in [1.54, 1.807) is 0 Å². The highest BCUT2D eigenvalue weighted by Crippen LogP contribution is 2.34. The average Bonchev–Trinajstić information content (AvgIpc) is 2.42. The van der Waals surface area contributed by atoms with Gasteiger partial charge in [-0.05, 0) is 49.6 Å². The molecule has 112 valence electrons. The fourth-order valence-electron chi connectivity index (χ4n) is 2.99. The monoisotopic (exact) mass is 275 g/mol. The number of aryl methyl sites for hydroxylation is 1. The van der Waals surface area contributed by atoms with Crippen LogP contribution in [0.25, 0.3) is 0 Å². The quantitative estimate of drug-likeness (QED) is 0.857. The Morgan fingerprint density at radius 2 is 1.80 bits per heavy atom. The summed E-state index contributed by atoms with van der Waals surface area (Å²) in [4.78, 5) is 0. The zero-order chi connectivity index (χ0) is 14.4. The molecule has 1 aliphatic heterocycles. The SMILES string of the molecule is Cc1ccc(CC2(CNCC(C)C)CCOCC2)cc1. The molecule has 2 rings (SSSR count). The molecule has 1 fully saturated rings. The van der Waals surface area contributed by atoms with Gasteiger partial charge in [-0.1, -0.05) is 43.7 Å². The molecule has 1 saturated heterocycles. The summed E-state index contributed by atoms with van der Waals surface area (Å²) in [7, 11) is 0. The largest absolute Gasteiger partial charge is 0.381 e. The summed E-state index contributed by atoms with van der Waals surface area (Å²) in [6.07, 6.45) is 3.51. The van der Waals surface area contributed by atoms with Crippen molar-refractivity contribution in [2.45, 2.75) is 40.0 Å². The van der Waals surface area contributed by atoms with Crippen molar-refractivity contribution in [1.29, 1.82) is 0 Å². The van der Waals surface area contributed by atoms with Crippen molar-refractivity contribution in [3.63, 3.8) is 0 Å². The highest BCUT2D eigenvalue weighted by atomic mass is 16.5. The van der Waals surface area contributed by atoms with E-state index < -0.39 is 0 Å². The maximum atomic E-state index is 5.58. The molecule has 0 spiro atoms. The van der Waals surface area contributed by atoms with Crippen LogP contribution in [0.3, 0.4) is 0 Å². The zero-order valence-corrected chi connectivity index (χ0v) is 13.2. The van der Waals surface area contributed by atoms with Crippen molar-refractivity contribution >= 4 is 0 Å². The van der Waals surface area contributed by atoms with Gasteiger partial charge in [0.05, 0.1) is 0 Å². The van der Waals surface area contributed by atoms with Crippen molar-refractivity contribution in [2.75, 3.05) is 26.3 Å². The summed E-state index contributed by atoms with van der Waals surface area (Å²) in [5.74, 6) is 0.714. The van der Waals surface area contributed by atoms with Gasteiger partial charge >= 0.3 is 0 Å². The first-order valence-electron chi connectivity index (χ1n) is 7.94. The van der Waals surface area contributed by atoms with E-state index in [1.807, 2.05) is 0 Å². The van der Waals surface area contributed by atoms with Crippen LogP contribution in [0.5, 0.6) is 0 Å². The van der Waals surface area contributed by atoms with Crippen molar-refractivity contribution in [3.8, 4) is 0 Å². The van der Waals surface area contributed by atoms with Gasteiger partial charge in [-0.25, -0.2) is 0 Å². The molecule has 1 heterocycles. The van der Waals surface area contributed by atoms with Gasteiger partial charge in [0.25, 0.3) is 0 Å². The first kappa shape index (κ1) is 15.5. The van der Waals surface area contributed by atoms with E-state index in [4.69, 9.17) is 4.74 Å². The maximum Gasteiger partial charge on any atom is 0.0471 e. The Labute approximate surface area is 123 Å². The molecule has 0 aromatic heterocycles. The molecular formula is C18H29NO. The summed E-state index contributed by atoms with van der Waals surface area (Å²) in [6, 6.07) is 9.03. The average molecular weight is 275 g/mol. The Kier molecular flexibility index (Phi) is 5.62. The van der Waals surface area contributed by atoms with Gasteiger partial charge in [0.1, 0.15) is 0 Å². The summed E-state index contributed by atoms with van der Waals surface area (Å²) in [5.41, 5.74) is 3.18.